The number of nitrogens with zero attached hydrogens (tertiary/aromatic N) is 2. The van der Waals surface area contributed by atoms with Gasteiger partial charge in [-0.1, -0.05) is 91.0 Å². The first-order chi connectivity index (χ1) is 22.3. The third kappa shape index (κ3) is 3.58. The van der Waals surface area contributed by atoms with E-state index in [4.69, 9.17) is 4.74 Å². The lowest BCUT2D eigenvalue weighted by atomic mass is 9.89. The largest absolute Gasteiger partial charge is 0.485 e. The van der Waals surface area contributed by atoms with Crippen LogP contribution < -0.4 is 4.74 Å². The second-order valence-corrected chi connectivity index (χ2v) is 12.1. The molecule has 3 heteroatoms. The van der Waals surface area contributed by atoms with Gasteiger partial charge in [0.1, 0.15) is 11.9 Å². The van der Waals surface area contributed by atoms with E-state index in [1.807, 2.05) is 0 Å². The molecule has 2 atom stereocenters. The van der Waals surface area contributed by atoms with E-state index in [-0.39, 0.29) is 12.0 Å². The third-order valence-electron chi connectivity index (χ3n) is 9.65. The molecule has 0 radical (unpaired) electrons. The van der Waals surface area contributed by atoms with Gasteiger partial charge in [0.25, 0.3) is 0 Å². The Morgan fingerprint density at radius 2 is 1.04 bits per heavy atom. The van der Waals surface area contributed by atoms with Gasteiger partial charge < -0.3 is 13.9 Å². The van der Waals surface area contributed by atoms with Crippen molar-refractivity contribution < 1.29 is 4.74 Å². The molecule has 0 amide bonds. The lowest BCUT2D eigenvalue weighted by Crippen LogP contribution is -2.18. The van der Waals surface area contributed by atoms with Crippen LogP contribution in [0.4, 0.5) is 0 Å². The predicted molar refractivity (Wildman–Crippen MR) is 186 cm³/mol. The Hall–Kier alpha value is -5.80. The molecule has 0 spiro atoms. The molecular weight excluding hydrogens is 548 g/mol. The van der Waals surface area contributed by atoms with Crippen LogP contribution in [0, 0.1) is 0 Å². The Kier molecular flexibility index (Phi) is 5.11. The molecule has 212 valence electrons. The first-order valence-corrected chi connectivity index (χ1v) is 15.6. The quantitative estimate of drug-likeness (QED) is 0.205. The molecule has 1 aliphatic heterocycles. The van der Waals surface area contributed by atoms with E-state index in [2.05, 4.69) is 167 Å². The smallest absolute Gasteiger partial charge is 0.128 e. The summed E-state index contributed by atoms with van der Waals surface area (Å²) in [5.74, 6) is 1.11. The van der Waals surface area contributed by atoms with Crippen molar-refractivity contribution in [2.24, 2.45) is 0 Å². The van der Waals surface area contributed by atoms with E-state index in [9.17, 15) is 0 Å². The van der Waals surface area contributed by atoms with Gasteiger partial charge in [-0.25, -0.2) is 0 Å². The summed E-state index contributed by atoms with van der Waals surface area (Å²) < 4.78 is 11.3. The Bertz CT molecular complexity index is 2440. The molecular formula is C42H28N2O. The third-order valence-corrected chi connectivity index (χ3v) is 9.65. The lowest BCUT2D eigenvalue weighted by molar-refractivity contribution is 0.269. The first kappa shape index (κ1) is 24.6. The van der Waals surface area contributed by atoms with Crippen LogP contribution in [0.3, 0.4) is 0 Å². The Balaban J connectivity index is 1.08. The zero-order valence-corrected chi connectivity index (χ0v) is 24.5. The van der Waals surface area contributed by atoms with E-state index >= 15 is 0 Å². The molecule has 6 aromatic carbocycles. The van der Waals surface area contributed by atoms with Gasteiger partial charge in [-0.05, 0) is 77.9 Å². The van der Waals surface area contributed by atoms with Crippen LogP contribution in [0.15, 0.2) is 158 Å². The molecule has 0 fully saturated rings. The molecule has 45 heavy (non-hydrogen) atoms. The highest BCUT2D eigenvalue weighted by Gasteiger charge is 2.34. The van der Waals surface area contributed by atoms with Gasteiger partial charge in [0, 0.05) is 44.4 Å². The van der Waals surface area contributed by atoms with Gasteiger partial charge in [0.15, 0.2) is 0 Å². The van der Waals surface area contributed by atoms with Gasteiger partial charge in [0.2, 0.25) is 0 Å². The highest BCUT2D eigenvalue weighted by Crippen LogP contribution is 2.45. The van der Waals surface area contributed by atoms with Crippen molar-refractivity contribution in [2.75, 3.05) is 0 Å². The SMILES string of the molecule is C1=CC2Oc3ccc(-c4cccc(-n5c6ccccc6c6ccccc65)c4)cc3C2C=C1n1c2ccccc2c2ccccc21. The number of fused-ring (bicyclic) bond motifs is 9. The fraction of sp³-hybridized carbons (Fsp3) is 0.0476. The minimum atomic E-state index is -0.00368. The summed E-state index contributed by atoms with van der Waals surface area (Å²) in [5, 5.41) is 5.10. The monoisotopic (exact) mass is 576 g/mol. The zero-order chi connectivity index (χ0) is 29.5. The number of ether oxygens (including phenoxy) is 1. The van der Waals surface area contributed by atoms with E-state index in [0.29, 0.717) is 0 Å². The molecule has 2 unspecified atom stereocenters. The number of hydrogen-bond donors (Lipinski definition) is 0. The number of para-hydroxylation sites is 4. The molecule has 3 heterocycles. The van der Waals surface area contributed by atoms with Crippen LogP contribution >= 0.6 is 0 Å². The Morgan fingerprint density at radius 3 is 1.67 bits per heavy atom. The lowest BCUT2D eigenvalue weighted by Gasteiger charge is -2.20. The van der Waals surface area contributed by atoms with Crippen molar-refractivity contribution >= 4 is 49.3 Å². The van der Waals surface area contributed by atoms with Crippen molar-refractivity contribution in [1.82, 2.24) is 9.13 Å². The zero-order valence-electron chi connectivity index (χ0n) is 24.5. The molecule has 2 aromatic heterocycles. The van der Waals surface area contributed by atoms with E-state index in [0.717, 1.165) is 11.4 Å². The summed E-state index contributed by atoms with van der Waals surface area (Å²) in [6.45, 7) is 0. The predicted octanol–water partition coefficient (Wildman–Crippen LogP) is 10.5. The standard InChI is InChI=1S/C42H28N2O/c1-5-16-37-31(12-1)32-13-2-6-17-38(32)43(37)29-11-9-10-27(24-29)28-20-22-41-35(25-28)36-26-30(21-23-42(36)45-41)44-39-18-7-3-14-33(39)34-15-4-8-19-40(34)44/h1-26,36,42H. The fourth-order valence-electron chi connectivity index (χ4n) is 7.64. The van der Waals surface area contributed by atoms with Gasteiger partial charge in [-0.2, -0.15) is 0 Å². The number of rotatable bonds is 3. The Morgan fingerprint density at radius 1 is 0.489 bits per heavy atom. The molecule has 10 rings (SSSR count). The highest BCUT2D eigenvalue weighted by molar-refractivity contribution is 6.11. The second-order valence-electron chi connectivity index (χ2n) is 12.1. The first-order valence-electron chi connectivity index (χ1n) is 15.6. The van der Waals surface area contributed by atoms with Crippen LogP contribution in [0.2, 0.25) is 0 Å². The Labute approximate surface area is 260 Å². The van der Waals surface area contributed by atoms with Crippen molar-refractivity contribution in [3.63, 3.8) is 0 Å². The van der Waals surface area contributed by atoms with Crippen molar-refractivity contribution in [1.29, 1.82) is 0 Å². The fourth-order valence-corrected chi connectivity index (χ4v) is 7.64. The van der Waals surface area contributed by atoms with Crippen molar-refractivity contribution in [2.45, 2.75) is 12.0 Å². The van der Waals surface area contributed by atoms with Crippen LogP contribution in [-0.4, -0.2) is 15.2 Å². The van der Waals surface area contributed by atoms with Crippen LogP contribution in [0.1, 0.15) is 11.5 Å². The van der Waals surface area contributed by atoms with Crippen molar-refractivity contribution in [3.8, 4) is 22.6 Å². The summed E-state index contributed by atoms with van der Waals surface area (Å²) in [6.07, 6.45) is 6.85. The summed E-state index contributed by atoms with van der Waals surface area (Å²) >= 11 is 0. The number of allylic oxidation sites excluding steroid dienone is 2. The van der Waals surface area contributed by atoms with E-state index < -0.39 is 0 Å². The number of hydrogen-bond acceptors (Lipinski definition) is 1. The van der Waals surface area contributed by atoms with Gasteiger partial charge in [-0.15, -0.1) is 0 Å². The minimum absolute atomic E-state index is 0.00368. The molecule has 8 aromatic rings. The average molecular weight is 577 g/mol. The molecule has 0 saturated carbocycles. The molecule has 0 N–H and O–H groups in total. The minimum Gasteiger partial charge on any atom is -0.485 e. The van der Waals surface area contributed by atoms with Crippen LogP contribution in [-0.2, 0) is 0 Å². The molecule has 1 aliphatic carbocycles. The molecule has 3 nitrogen and oxygen atoms in total. The maximum atomic E-state index is 6.48. The maximum absolute atomic E-state index is 6.48. The van der Waals surface area contributed by atoms with Gasteiger partial charge in [0.05, 0.1) is 22.1 Å². The van der Waals surface area contributed by atoms with Crippen LogP contribution in [0.25, 0.3) is 66.1 Å². The highest BCUT2D eigenvalue weighted by atomic mass is 16.5. The van der Waals surface area contributed by atoms with E-state index in [1.165, 1.54) is 66.0 Å². The summed E-state index contributed by atoms with van der Waals surface area (Å²) in [4.78, 5) is 0. The summed E-state index contributed by atoms with van der Waals surface area (Å²) in [7, 11) is 0. The number of benzene rings is 6. The normalized spacial score (nSPS) is 17.1. The van der Waals surface area contributed by atoms with E-state index in [1.54, 1.807) is 0 Å². The molecule has 0 saturated heterocycles. The molecule has 0 bridgehead atoms. The molecule has 2 aliphatic rings. The van der Waals surface area contributed by atoms with Gasteiger partial charge in [-0.3, -0.25) is 0 Å². The maximum Gasteiger partial charge on any atom is 0.128 e. The van der Waals surface area contributed by atoms with Crippen molar-refractivity contribution in [3.05, 3.63) is 163 Å². The summed E-state index contributed by atoms with van der Waals surface area (Å²) in [6, 6.07) is 50.3. The average Bonchev–Trinajstić information content (AvgIpc) is 3.75. The van der Waals surface area contributed by atoms with Gasteiger partial charge >= 0.3 is 0 Å². The summed E-state index contributed by atoms with van der Waals surface area (Å²) in [5.41, 5.74) is 10.9. The van der Waals surface area contributed by atoms with Crippen LogP contribution in [0.5, 0.6) is 5.75 Å². The second kappa shape index (κ2) is 9.35. The number of aromatic nitrogens is 2. The topological polar surface area (TPSA) is 19.1 Å².